The number of benzene rings is 8. The molecule has 11 rings (SSSR count). The lowest BCUT2D eigenvalue weighted by atomic mass is 9.90. The molecule has 56 heavy (non-hydrogen) atoms. The maximum atomic E-state index is 11.9. The Hall–Kier alpha value is -7.86. The van der Waals surface area contributed by atoms with Crippen LogP contribution in [0.4, 0.5) is 0 Å². The molecule has 0 aliphatic heterocycles. The van der Waals surface area contributed by atoms with Crippen LogP contribution in [0.2, 0.25) is 0 Å². The number of nitrogens with zero attached hydrogens (tertiary/aromatic N) is 5. The molecule has 0 saturated heterocycles. The van der Waals surface area contributed by atoms with Crippen LogP contribution in [0, 0.1) is 29.6 Å². The minimum absolute atomic E-state index is 0.136. The van der Waals surface area contributed by atoms with Gasteiger partial charge in [0.05, 0.1) is 83.2 Å². The van der Waals surface area contributed by atoms with Crippen molar-refractivity contribution >= 4 is 65.4 Å². The second-order valence-corrected chi connectivity index (χ2v) is 13.2. The summed E-state index contributed by atoms with van der Waals surface area (Å²) in [5.74, 6) is 0. The molecule has 0 atom stereocenters. The Labute approximate surface area is 344 Å². The van der Waals surface area contributed by atoms with Gasteiger partial charge in [0.25, 0.3) is 0 Å². The van der Waals surface area contributed by atoms with Gasteiger partial charge in [-0.15, -0.1) is 0 Å². The molecular weight excluding hydrogens is 683 g/mol. The van der Waals surface area contributed by atoms with Crippen molar-refractivity contribution in [2.45, 2.75) is 6.92 Å². The Morgan fingerprint density at radius 2 is 0.768 bits per heavy atom. The highest BCUT2D eigenvalue weighted by molar-refractivity contribution is 6.15. The topological polar surface area (TPSA) is 62.4 Å². The average Bonchev–Trinajstić information content (AvgIpc) is 4.04. The maximum absolute atomic E-state index is 11.9. The highest BCUT2D eigenvalue weighted by atomic mass is 15.1. The first-order valence-corrected chi connectivity index (χ1v) is 17.4. The molecule has 0 saturated carbocycles. The van der Waals surface area contributed by atoms with Crippen molar-refractivity contribution in [3.8, 4) is 40.3 Å². The Bertz CT molecular complexity index is 4030. The minimum Gasteiger partial charge on any atom is -0.306 e. The van der Waals surface area contributed by atoms with E-state index >= 15 is 0 Å². The summed E-state index contributed by atoms with van der Waals surface area (Å²) in [5.41, 5.74) is -1.47. The predicted molar refractivity (Wildman–Crippen MR) is 229 cm³/mol. The van der Waals surface area contributed by atoms with E-state index in [9.17, 15) is 21.5 Å². The average molecular weight is 730 g/mol. The smallest absolute Gasteiger partial charge is 0.102 e. The Balaban J connectivity index is 1.61. The number of fused-ring (bicyclic) bond motifs is 9. The molecule has 11 aromatic rings. The first-order valence-electron chi connectivity index (χ1n) is 25.4. The van der Waals surface area contributed by atoms with Gasteiger partial charge in [0, 0.05) is 37.9 Å². The van der Waals surface area contributed by atoms with Crippen molar-refractivity contribution < 1.29 is 21.9 Å². The maximum Gasteiger partial charge on any atom is 0.102 e. The van der Waals surface area contributed by atoms with E-state index < -0.39 is 119 Å². The zero-order valence-corrected chi connectivity index (χ0v) is 29.2. The molecule has 0 aliphatic rings. The monoisotopic (exact) mass is 729 g/mol. The van der Waals surface area contributed by atoms with Crippen molar-refractivity contribution in [3.63, 3.8) is 0 Å². The summed E-state index contributed by atoms with van der Waals surface area (Å²) in [4.78, 5) is 0. The van der Waals surface area contributed by atoms with Gasteiger partial charge in [-0.05, 0) is 48.8 Å². The molecule has 0 N–H and O–H groups in total. The van der Waals surface area contributed by atoms with Gasteiger partial charge in [-0.1, -0.05) is 139 Å². The molecule has 5 heteroatoms. The summed E-state index contributed by atoms with van der Waals surface area (Å²) in [5, 5.41) is 23.8. The SMILES string of the molecule is [2H]c1c([2H])c([2H])c2c(c1[2H])c1c([2H])c([2H])c([2H])c([2H])c1n2-c1c(C#N)c(-c2ccc(C)cc2)c(C#N)c(-n2c3c([2H])c([2H])c([2H])c([2H])c3c3c([2H])c([2H])c([2H])c([2H])c32)c1-n1c2ccccc2c2ccccc21. The number of nitriles is 2. The molecule has 0 spiro atoms. The van der Waals surface area contributed by atoms with Gasteiger partial charge >= 0.3 is 0 Å². The Morgan fingerprint density at radius 3 is 1.16 bits per heavy atom. The number of aryl methyl sites for hydroxylation is 1. The Kier molecular flexibility index (Phi) is 4.20. The van der Waals surface area contributed by atoms with Crippen LogP contribution >= 0.6 is 0 Å². The van der Waals surface area contributed by atoms with E-state index in [0.29, 0.717) is 21.8 Å². The van der Waals surface area contributed by atoms with E-state index in [1.54, 1.807) is 72.2 Å². The van der Waals surface area contributed by atoms with Crippen molar-refractivity contribution in [1.82, 2.24) is 13.7 Å². The van der Waals surface area contributed by atoms with Crippen LogP contribution < -0.4 is 0 Å². The summed E-state index contributed by atoms with van der Waals surface area (Å²) < 4.78 is 151. The molecule has 0 fully saturated rings. The lowest BCUT2D eigenvalue weighted by molar-refractivity contribution is 1.04. The number of hydrogen-bond donors (Lipinski definition) is 0. The molecule has 0 bridgehead atoms. The number of para-hydroxylation sites is 6. The number of aromatic nitrogens is 3. The van der Waals surface area contributed by atoms with Crippen molar-refractivity contribution in [2.24, 2.45) is 0 Å². The quantitative estimate of drug-likeness (QED) is 0.181. The van der Waals surface area contributed by atoms with Crippen LogP contribution in [0.3, 0.4) is 0 Å². The third-order valence-corrected chi connectivity index (χ3v) is 10.3. The third kappa shape index (κ3) is 4.28. The molecule has 260 valence electrons. The van der Waals surface area contributed by atoms with Gasteiger partial charge in [0.15, 0.2) is 0 Å². The van der Waals surface area contributed by atoms with E-state index in [4.69, 9.17) is 11.0 Å². The van der Waals surface area contributed by atoms with E-state index in [-0.39, 0.29) is 60.9 Å². The van der Waals surface area contributed by atoms with Crippen LogP contribution in [0.15, 0.2) is 169 Å². The number of hydrogen-bond acceptors (Lipinski definition) is 2. The summed E-state index contributed by atoms with van der Waals surface area (Å²) in [6.07, 6.45) is 0. The first kappa shape index (κ1) is 19.5. The molecular formula is C51H31N5. The van der Waals surface area contributed by atoms with E-state index in [1.165, 1.54) is 9.13 Å². The molecule has 0 amide bonds. The normalized spacial score (nSPS) is 15.6. The van der Waals surface area contributed by atoms with E-state index in [2.05, 4.69) is 12.1 Å². The van der Waals surface area contributed by atoms with E-state index in [0.717, 1.165) is 5.56 Å². The largest absolute Gasteiger partial charge is 0.306 e. The fraction of sp³-hybridized carbons (Fsp3) is 0.0196. The second kappa shape index (κ2) is 12.1. The highest BCUT2D eigenvalue weighted by Crippen LogP contribution is 2.48. The fourth-order valence-electron chi connectivity index (χ4n) is 8.04. The lowest BCUT2D eigenvalue weighted by Gasteiger charge is -2.26. The summed E-state index contributed by atoms with van der Waals surface area (Å²) >= 11 is 0. The molecule has 0 unspecified atom stereocenters. The summed E-state index contributed by atoms with van der Waals surface area (Å²) in [7, 11) is 0. The third-order valence-electron chi connectivity index (χ3n) is 10.3. The van der Waals surface area contributed by atoms with Crippen LogP contribution in [0.25, 0.3) is 93.6 Å². The summed E-state index contributed by atoms with van der Waals surface area (Å²) in [6, 6.07) is 13.8. The second-order valence-electron chi connectivity index (χ2n) is 13.2. The predicted octanol–water partition coefficient (Wildman–Crippen LogP) is 12.7. The number of rotatable bonds is 4. The molecule has 0 aliphatic carbocycles. The van der Waals surface area contributed by atoms with Crippen molar-refractivity contribution in [1.29, 1.82) is 10.5 Å². The zero-order valence-electron chi connectivity index (χ0n) is 45.2. The Morgan fingerprint density at radius 1 is 0.411 bits per heavy atom. The molecule has 3 aromatic heterocycles. The van der Waals surface area contributed by atoms with Gasteiger partial charge in [-0.3, -0.25) is 0 Å². The lowest BCUT2D eigenvalue weighted by Crippen LogP contribution is -2.14. The summed E-state index contributed by atoms with van der Waals surface area (Å²) in [6.45, 7) is 1.81. The first-order chi connectivity index (χ1) is 34.3. The van der Waals surface area contributed by atoms with Gasteiger partial charge < -0.3 is 13.7 Å². The molecule has 5 nitrogen and oxygen atoms in total. The van der Waals surface area contributed by atoms with E-state index in [1.807, 2.05) is 12.1 Å². The van der Waals surface area contributed by atoms with Crippen LogP contribution in [-0.2, 0) is 0 Å². The zero-order chi connectivity index (χ0) is 51.4. The standard InChI is InChI=1S/C51H31N5/c1-32-26-28-33(29-27-32)48-40(30-52)49(54-42-20-8-2-14-34(42)35-15-3-9-21-43(35)54)51(56-46-24-12-6-18-38(46)39-19-7-13-25-47(39)56)50(41(48)31-53)55-44-22-10-4-16-36(44)37-17-5-11-23-45(37)55/h2-29H,1H3/i2D,3D,4D,5D,8D,9D,10D,11D,14D,15D,16D,17D,20D,21D,22D,23D. The van der Waals surface area contributed by atoms with Crippen molar-refractivity contribution in [3.05, 3.63) is 186 Å². The van der Waals surface area contributed by atoms with Crippen molar-refractivity contribution in [2.75, 3.05) is 0 Å². The van der Waals surface area contributed by atoms with Crippen LogP contribution in [0.1, 0.15) is 38.6 Å². The van der Waals surface area contributed by atoms with Crippen LogP contribution in [-0.4, -0.2) is 13.7 Å². The molecule has 0 radical (unpaired) electrons. The van der Waals surface area contributed by atoms with Gasteiger partial charge in [-0.2, -0.15) is 10.5 Å². The van der Waals surface area contributed by atoms with Gasteiger partial charge in [-0.25, -0.2) is 0 Å². The minimum atomic E-state index is -0.759. The van der Waals surface area contributed by atoms with Gasteiger partial charge in [0.1, 0.15) is 12.1 Å². The highest BCUT2D eigenvalue weighted by Gasteiger charge is 2.33. The van der Waals surface area contributed by atoms with Gasteiger partial charge in [0.2, 0.25) is 0 Å². The molecule has 8 aromatic carbocycles. The fourth-order valence-corrected chi connectivity index (χ4v) is 8.04. The van der Waals surface area contributed by atoms with Crippen LogP contribution in [0.5, 0.6) is 0 Å². The molecule has 3 heterocycles.